The molecule has 0 unspecified atom stereocenters. The fraction of sp³-hybridized carbons (Fsp3) is 0.200. The summed E-state index contributed by atoms with van der Waals surface area (Å²) in [6.45, 7) is 1.81. The van der Waals surface area contributed by atoms with E-state index in [-0.39, 0.29) is 5.56 Å². The number of aryl methyl sites for hydroxylation is 1. The largest absolute Gasteiger partial charge is 0.496 e. The van der Waals surface area contributed by atoms with Gasteiger partial charge in [-0.15, -0.1) is 0 Å². The van der Waals surface area contributed by atoms with Crippen LogP contribution in [0.15, 0.2) is 12.1 Å². The number of nitrogens with one attached hydrogen (secondary N) is 1. The van der Waals surface area contributed by atoms with Gasteiger partial charge in [0.2, 0.25) is 0 Å². The van der Waals surface area contributed by atoms with E-state index >= 15 is 0 Å². The maximum atomic E-state index is 10.9. The second-order valence-corrected chi connectivity index (χ2v) is 3.20. The van der Waals surface area contributed by atoms with Crippen LogP contribution in [0.3, 0.4) is 0 Å². The highest BCUT2D eigenvalue weighted by atomic mass is 16.5. The highest BCUT2D eigenvalue weighted by Gasteiger charge is 2.13. The van der Waals surface area contributed by atoms with Crippen LogP contribution in [0.25, 0.3) is 11.0 Å². The first-order valence-electron chi connectivity index (χ1n) is 4.39. The number of carboxylic acid groups (broad SMARTS) is 1. The van der Waals surface area contributed by atoms with Gasteiger partial charge < -0.3 is 14.8 Å². The average molecular weight is 206 g/mol. The van der Waals surface area contributed by atoms with E-state index < -0.39 is 5.97 Å². The number of fused-ring (bicyclic) bond motifs is 1. The number of hydrogen-bond acceptors (Lipinski definition) is 3. The van der Waals surface area contributed by atoms with E-state index in [0.29, 0.717) is 16.8 Å². The van der Waals surface area contributed by atoms with Gasteiger partial charge in [-0.1, -0.05) is 0 Å². The minimum atomic E-state index is -1.01. The van der Waals surface area contributed by atoms with Crippen LogP contribution in [0.1, 0.15) is 16.2 Å². The molecule has 78 valence electrons. The van der Waals surface area contributed by atoms with Crippen LogP contribution in [-0.2, 0) is 0 Å². The van der Waals surface area contributed by atoms with Crippen molar-refractivity contribution < 1.29 is 14.6 Å². The molecule has 1 aromatic carbocycles. The third kappa shape index (κ3) is 1.52. The molecule has 0 saturated carbocycles. The number of aromatic nitrogens is 2. The third-order valence-electron chi connectivity index (χ3n) is 2.15. The SMILES string of the molecule is COc1cc2nc(C)[nH]c2cc1C(=O)O. The van der Waals surface area contributed by atoms with Crippen molar-refractivity contribution in [2.24, 2.45) is 0 Å². The Kier molecular flexibility index (Phi) is 2.07. The fourth-order valence-electron chi connectivity index (χ4n) is 1.50. The van der Waals surface area contributed by atoms with Crippen LogP contribution in [0.4, 0.5) is 0 Å². The van der Waals surface area contributed by atoms with Crippen LogP contribution < -0.4 is 4.74 Å². The molecule has 0 bridgehead atoms. The van der Waals surface area contributed by atoms with Gasteiger partial charge in [-0.3, -0.25) is 0 Å². The summed E-state index contributed by atoms with van der Waals surface area (Å²) in [6.07, 6.45) is 0. The molecule has 0 aliphatic rings. The zero-order valence-corrected chi connectivity index (χ0v) is 8.37. The summed E-state index contributed by atoms with van der Waals surface area (Å²) in [7, 11) is 1.44. The van der Waals surface area contributed by atoms with Crippen molar-refractivity contribution in [1.82, 2.24) is 9.97 Å². The van der Waals surface area contributed by atoms with Gasteiger partial charge in [0, 0.05) is 6.07 Å². The zero-order chi connectivity index (χ0) is 11.0. The van der Waals surface area contributed by atoms with Gasteiger partial charge in [0.05, 0.1) is 18.1 Å². The van der Waals surface area contributed by atoms with Crippen molar-refractivity contribution >= 4 is 17.0 Å². The highest BCUT2D eigenvalue weighted by Crippen LogP contribution is 2.24. The van der Waals surface area contributed by atoms with Gasteiger partial charge in [0.1, 0.15) is 17.1 Å². The zero-order valence-electron chi connectivity index (χ0n) is 8.37. The monoisotopic (exact) mass is 206 g/mol. The van der Waals surface area contributed by atoms with E-state index in [0.717, 1.165) is 5.82 Å². The Morgan fingerprint density at radius 1 is 1.53 bits per heavy atom. The number of ether oxygens (including phenoxy) is 1. The van der Waals surface area contributed by atoms with Gasteiger partial charge in [0.25, 0.3) is 0 Å². The Morgan fingerprint density at radius 2 is 2.27 bits per heavy atom. The predicted octanol–water partition coefficient (Wildman–Crippen LogP) is 1.58. The van der Waals surface area contributed by atoms with E-state index in [4.69, 9.17) is 9.84 Å². The van der Waals surface area contributed by atoms with Crippen molar-refractivity contribution in [3.8, 4) is 5.75 Å². The second kappa shape index (κ2) is 3.27. The smallest absolute Gasteiger partial charge is 0.339 e. The quantitative estimate of drug-likeness (QED) is 0.782. The lowest BCUT2D eigenvalue weighted by molar-refractivity contribution is 0.0693. The molecule has 2 N–H and O–H groups in total. The number of carbonyl (C=O) groups is 1. The molecule has 0 aliphatic heterocycles. The molecule has 0 amide bonds. The first-order valence-corrected chi connectivity index (χ1v) is 4.39. The van der Waals surface area contributed by atoms with Crippen LogP contribution >= 0.6 is 0 Å². The van der Waals surface area contributed by atoms with Crippen LogP contribution in [0.2, 0.25) is 0 Å². The molecule has 0 spiro atoms. The van der Waals surface area contributed by atoms with E-state index in [9.17, 15) is 4.79 Å². The summed E-state index contributed by atoms with van der Waals surface area (Å²) >= 11 is 0. The number of carboxylic acids is 1. The maximum Gasteiger partial charge on any atom is 0.339 e. The van der Waals surface area contributed by atoms with E-state index in [1.807, 2.05) is 6.92 Å². The van der Waals surface area contributed by atoms with Crippen molar-refractivity contribution in [2.75, 3.05) is 7.11 Å². The molecular weight excluding hydrogens is 196 g/mol. The Labute approximate surface area is 85.7 Å². The number of aromatic amines is 1. The number of aromatic carboxylic acids is 1. The summed E-state index contributed by atoms with van der Waals surface area (Å²) in [6, 6.07) is 3.14. The summed E-state index contributed by atoms with van der Waals surface area (Å²) < 4.78 is 4.99. The standard InChI is InChI=1S/C10H10N2O3/c1-5-11-7-3-6(10(13)14)9(15-2)4-8(7)12-5/h3-4H,1-2H3,(H,11,12)(H,13,14). The lowest BCUT2D eigenvalue weighted by Crippen LogP contribution is -2.00. The summed E-state index contributed by atoms with van der Waals surface area (Å²) in [5.41, 5.74) is 1.54. The molecule has 0 saturated heterocycles. The molecule has 1 heterocycles. The molecule has 2 rings (SSSR count). The number of imidazole rings is 1. The Balaban J connectivity index is 2.73. The normalized spacial score (nSPS) is 10.5. The first kappa shape index (κ1) is 9.51. The number of methoxy groups -OCH3 is 1. The van der Waals surface area contributed by atoms with Crippen molar-refractivity contribution in [2.45, 2.75) is 6.92 Å². The number of nitrogens with zero attached hydrogens (tertiary/aromatic N) is 1. The van der Waals surface area contributed by atoms with E-state index in [1.165, 1.54) is 13.2 Å². The Hall–Kier alpha value is -2.04. The van der Waals surface area contributed by atoms with E-state index in [1.54, 1.807) is 6.07 Å². The van der Waals surface area contributed by atoms with Gasteiger partial charge in [0.15, 0.2) is 0 Å². The molecule has 5 nitrogen and oxygen atoms in total. The molecular formula is C10H10N2O3. The molecule has 5 heteroatoms. The topological polar surface area (TPSA) is 75.2 Å². The van der Waals surface area contributed by atoms with Crippen molar-refractivity contribution in [1.29, 1.82) is 0 Å². The molecule has 1 aromatic heterocycles. The van der Waals surface area contributed by atoms with Crippen LogP contribution in [0, 0.1) is 6.92 Å². The third-order valence-corrected chi connectivity index (χ3v) is 2.15. The van der Waals surface area contributed by atoms with Gasteiger partial charge in [-0.2, -0.15) is 0 Å². The second-order valence-electron chi connectivity index (χ2n) is 3.20. The molecule has 0 aliphatic carbocycles. The number of benzene rings is 1. The molecule has 0 radical (unpaired) electrons. The van der Waals surface area contributed by atoms with Gasteiger partial charge in [-0.05, 0) is 13.0 Å². The molecule has 0 atom stereocenters. The van der Waals surface area contributed by atoms with Crippen molar-refractivity contribution in [3.05, 3.63) is 23.5 Å². The number of rotatable bonds is 2. The lowest BCUT2D eigenvalue weighted by atomic mass is 10.2. The Bertz CT molecular complexity index is 531. The molecule has 0 fully saturated rings. The van der Waals surface area contributed by atoms with E-state index in [2.05, 4.69) is 9.97 Å². The highest BCUT2D eigenvalue weighted by molar-refractivity contribution is 5.95. The number of H-pyrrole nitrogens is 1. The average Bonchev–Trinajstić information content (AvgIpc) is 2.54. The maximum absolute atomic E-state index is 10.9. The molecule has 15 heavy (non-hydrogen) atoms. The van der Waals surface area contributed by atoms with Crippen LogP contribution in [-0.4, -0.2) is 28.2 Å². The fourth-order valence-corrected chi connectivity index (χ4v) is 1.50. The summed E-state index contributed by atoms with van der Waals surface area (Å²) in [4.78, 5) is 18.1. The van der Waals surface area contributed by atoms with Gasteiger partial charge >= 0.3 is 5.97 Å². The summed E-state index contributed by atoms with van der Waals surface area (Å²) in [5.74, 6) is 0.0529. The molecule has 2 aromatic rings. The van der Waals surface area contributed by atoms with Crippen molar-refractivity contribution in [3.63, 3.8) is 0 Å². The minimum absolute atomic E-state index is 0.133. The Morgan fingerprint density at radius 3 is 2.87 bits per heavy atom. The first-order chi connectivity index (χ1) is 7.11. The predicted molar refractivity (Wildman–Crippen MR) is 54.3 cm³/mol. The lowest BCUT2D eigenvalue weighted by Gasteiger charge is -2.03. The van der Waals surface area contributed by atoms with Crippen LogP contribution in [0.5, 0.6) is 5.75 Å². The summed E-state index contributed by atoms with van der Waals surface area (Å²) in [5, 5.41) is 8.95. The number of hydrogen-bond donors (Lipinski definition) is 2. The minimum Gasteiger partial charge on any atom is -0.496 e. The van der Waals surface area contributed by atoms with Gasteiger partial charge in [-0.25, -0.2) is 9.78 Å².